The van der Waals surface area contributed by atoms with Crippen molar-refractivity contribution in [3.8, 4) is 0 Å². The maximum atomic E-state index is 12.7. The van der Waals surface area contributed by atoms with E-state index in [0.717, 1.165) is 37.8 Å². The van der Waals surface area contributed by atoms with Crippen LogP contribution in [0.25, 0.3) is 0 Å². The van der Waals surface area contributed by atoms with Gasteiger partial charge in [-0.2, -0.15) is 0 Å². The summed E-state index contributed by atoms with van der Waals surface area (Å²) in [5.41, 5.74) is 1.25. The van der Waals surface area contributed by atoms with E-state index in [9.17, 15) is 4.79 Å². The highest BCUT2D eigenvalue weighted by atomic mass is 16.2. The normalized spacial score (nSPS) is 31.0. The third-order valence-corrected chi connectivity index (χ3v) is 6.08. The van der Waals surface area contributed by atoms with Gasteiger partial charge >= 0.3 is 0 Å². The molecular weight excluding hydrogens is 274 g/mol. The Kier molecular flexibility index (Phi) is 3.55. The molecule has 0 aromatic carbocycles. The van der Waals surface area contributed by atoms with Crippen LogP contribution in [-0.4, -0.2) is 42.0 Å². The Morgan fingerprint density at radius 3 is 2.41 bits per heavy atom. The predicted octanol–water partition coefficient (Wildman–Crippen LogP) is 2.55. The molecule has 2 heterocycles. The van der Waals surface area contributed by atoms with Crippen LogP contribution in [0.1, 0.15) is 32.1 Å². The fourth-order valence-corrected chi connectivity index (χ4v) is 4.67. The Balaban J connectivity index is 1.32. The minimum absolute atomic E-state index is 0.372. The van der Waals surface area contributed by atoms with Gasteiger partial charge in [0, 0.05) is 50.2 Å². The highest BCUT2D eigenvalue weighted by Gasteiger charge is 2.57. The zero-order chi connectivity index (χ0) is 15.1. The smallest absolute Gasteiger partial charge is 0.226 e. The van der Waals surface area contributed by atoms with Crippen molar-refractivity contribution in [2.24, 2.45) is 17.8 Å². The van der Waals surface area contributed by atoms with E-state index in [1.165, 1.54) is 24.9 Å². The van der Waals surface area contributed by atoms with Crippen molar-refractivity contribution in [3.63, 3.8) is 0 Å². The van der Waals surface area contributed by atoms with Gasteiger partial charge in [-0.1, -0.05) is 6.42 Å². The molecule has 0 N–H and O–H groups in total. The molecule has 4 rings (SSSR count). The van der Waals surface area contributed by atoms with Gasteiger partial charge in [0.25, 0.3) is 0 Å². The fourth-order valence-electron chi connectivity index (χ4n) is 4.67. The van der Waals surface area contributed by atoms with Crippen LogP contribution >= 0.6 is 0 Å². The molecule has 1 saturated heterocycles. The molecule has 1 aromatic heterocycles. The van der Waals surface area contributed by atoms with Crippen molar-refractivity contribution >= 4 is 11.6 Å². The standard InChI is InChI=1S/C18H25N3O/c1-20(18(22)17-15-3-2-4-16(15)17)13-7-11-21(12-8-13)14-5-9-19-10-6-14/h5-6,9-10,13,15-17H,2-4,7-8,11-12H2,1H3. The SMILES string of the molecule is CN(C(=O)C1C2CCCC21)C1CCN(c2ccncc2)CC1. The number of hydrogen-bond acceptors (Lipinski definition) is 3. The van der Waals surface area contributed by atoms with Gasteiger partial charge in [0.1, 0.15) is 0 Å². The number of piperidine rings is 1. The Hall–Kier alpha value is -1.58. The second-order valence-corrected chi connectivity index (χ2v) is 7.16. The van der Waals surface area contributed by atoms with Crippen LogP contribution in [-0.2, 0) is 4.79 Å². The number of rotatable bonds is 3. The summed E-state index contributed by atoms with van der Waals surface area (Å²) in [6.07, 6.45) is 9.77. The summed E-state index contributed by atoms with van der Waals surface area (Å²) in [7, 11) is 2.03. The molecular formula is C18H25N3O. The highest BCUT2D eigenvalue weighted by Crippen LogP contribution is 2.58. The van der Waals surface area contributed by atoms with E-state index in [-0.39, 0.29) is 0 Å². The van der Waals surface area contributed by atoms with Crippen molar-refractivity contribution in [1.29, 1.82) is 0 Å². The summed E-state index contributed by atoms with van der Waals surface area (Å²) in [5, 5.41) is 0. The van der Waals surface area contributed by atoms with E-state index in [0.29, 0.717) is 17.9 Å². The average molecular weight is 299 g/mol. The zero-order valence-electron chi connectivity index (χ0n) is 13.3. The molecule has 0 radical (unpaired) electrons. The molecule has 22 heavy (non-hydrogen) atoms. The topological polar surface area (TPSA) is 36.4 Å². The Labute approximate surface area is 132 Å². The van der Waals surface area contributed by atoms with Gasteiger partial charge < -0.3 is 9.80 Å². The van der Waals surface area contributed by atoms with Gasteiger partial charge in [-0.15, -0.1) is 0 Å². The van der Waals surface area contributed by atoms with Gasteiger partial charge in [-0.25, -0.2) is 0 Å². The van der Waals surface area contributed by atoms with Gasteiger partial charge in [-0.3, -0.25) is 9.78 Å². The number of carbonyl (C=O) groups excluding carboxylic acids is 1. The van der Waals surface area contributed by atoms with Gasteiger partial charge in [-0.05, 0) is 49.7 Å². The number of hydrogen-bond donors (Lipinski definition) is 0. The summed E-state index contributed by atoms with van der Waals surface area (Å²) in [5.74, 6) is 2.26. The van der Waals surface area contributed by atoms with Gasteiger partial charge in [0.05, 0.1) is 0 Å². The minimum atomic E-state index is 0.372. The molecule has 3 aliphatic rings. The summed E-state index contributed by atoms with van der Waals surface area (Å²) in [6, 6.07) is 4.56. The molecule has 0 bridgehead atoms. The Morgan fingerprint density at radius 1 is 1.14 bits per heavy atom. The van der Waals surface area contributed by atoms with Crippen LogP contribution in [0.5, 0.6) is 0 Å². The van der Waals surface area contributed by atoms with Crippen LogP contribution in [0.3, 0.4) is 0 Å². The molecule has 2 aliphatic carbocycles. The molecule has 0 spiro atoms. The first-order chi connectivity index (χ1) is 10.8. The van der Waals surface area contributed by atoms with E-state index in [4.69, 9.17) is 0 Å². The van der Waals surface area contributed by atoms with Crippen LogP contribution in [0.15, 0.2) is 24.5 Å². The molecule has 2 atom stereocenters. The molecule has 4 nitrogen and oxygen atoms in total. The second-order valence-electron chi connectivity index (χ2n) is 7.16. The zero-order valence-corrected chi connectivity index (χ0v) is 13.3. The summed E-state index contributed by atoms with van der Waals surface area (Å²) < 4.78 is 0. The molecule has 1 aromatic rings. The minimum Gasteiger partial charge on any atom is -0.371 e. The first kappa shape index (κ1) is 14.0. The summed E-state index contributed by atoms with van der Waals surface area (Å²) in [4.78, 5) is 21.2. The second kappa shape index (κ2) is 5.56. The number of anilines is 1. The lowest BCUT2D eigenvalue weighted by molar-refractivity contribution is -0.134. The van der Waals surface area contributed by atoms with Gasteiger partial charge in [0.2, 0.25) is 5.91 Å². The van der Waals surface area contributed by atoms with Crippen molar-refractivity contribution in [2.75, 3.05) is 25.0 Å². The monoisotopic (exact) mass is 299 g/mol. The number of amides is 1. The first-order valence-electron chi connectivity index (χ1n) is 8.67. The van der Waals surface area contributed by atoms with Gasteiger partial charge in [0.15, 0.2) is 0 Å². The van der Waals surface area contributed by atoms with E-state index < -0.39 is 0 Å². The lowest BCUT2D eigenvalue weighted by Gasteiger charge is -2.38. The molecule has 2 saturated carbocycles. The largest absolute Gasteiger partial charge is 0.371 e. The lowest BCUT2D eigenvalue weighted by Crippen LogP contribution is -2.46. The molecule has 1 amide bonds. The Morgan fingerprint density at radius 2 is 1.77 bits per heavy atom. The first-order valence-corrected chi connectivity index (χ1v) is 8.67. The van der Waals surface area contributed by atoms with E-state index >= 15 is 0 Å². The third-order valence-electron chi connectivity index (χ3n) is 6.08. The number of pyridine rings is 1. The van der Waals surface area contributed by atoms with E-state index in [1.807, 2.05) is 19.4 Å². The van der Waals surface area contributed by atoms with E-state index in [2.05, 4.69) is 26.9 Å². The predicted molar refractivity (Wildman–Crippen MR) is 86.6 cm³/mol. The van der Waals surface area contributed by atoms with Crippen molar-refractivity contribution in [2.45, 2.75) is 38.1 Å². The third kappa shape index (κ3) is 2.38. The molecule has 1 aliphatic heterocycles. The highest BCUT2D eigenvalue weighted by molar-refractivity contribution is 5.82. The molecule has 118 valence electrons. The number of aromatic nitrogens is 1. The van der Waals surface area contributed by atoms with Crippen molar-refractivity contribution in [1.82, 2.24) is 9.88 Å². The lowest BCUT2D eigenvalue weighted by atomic mass is 10.0. The number of nitrogens with zero attached hydrogens (tertiary/aromatic N) is 3. The van der Waals surface area contributed by atoms with Crippen molar-refractivity contribution < 1.29 is 4.79 Å². The number of fused-ring (bicyclic) bond motifs is 1. The van der Waals surface area contributed by atoms with Crippen LogP contribution in [0.2, 0.25) is 0 Å². The Bertz CT molecular complexity index is 529. The summed E-state index contributed by atoms with van der Waals surface area (Å²) in [6.45, 7) is 2.06. The number of carbonyl (C=O) groups is 1. The molecule has 3 fully saturated rings. The summed E-state index contributed by atoms with van der Waals surface area (Å²) >= 11 is 0. The van der Waals surface area contributed by atoms with Crippen LogP contribution < -0.4 is 4.90 Å². The molecule has 4 heteroatoms. The van der Waals surface area contributed by atoms with Crippen LogP contribution in [0, 0.1) is 17.8 Å². The maximum absolute atomic E-state index is 12.7. The fraction of sp³-hybridized carbons (Fsp3) is 0.667. The van der Waals surface area contributed by atoms with Crippen LogP contribution in [0.4, 0.5) is 5.69 Å². The van der Waals surface area contributed by atoms with Crippen molar-refractivity contribution in [3.05, 3.63) is 24.5 Å². The molecule has 2 unspecified atom stereocenters. The van der Waals surface area contributed by atoms with E-state index in [1.54, 1.807) is 0 Å². The maximum Gasteiger partial charge on any atom is 0.226 e. The quantitative estimate of drug-likeness (QED) is 0.860. The average Bonchev–Trinajstić information content (AvgIpc) is 3.06.